The molecule has 0 aromatic heterocycles. The summed E-state index contributed by atoms with van der Waals surface area (Å²) in [6.45, 7) is 0.308. The van der Waals surface area contributed by atoms with Crippen LogP contribution < -0.4 is 10.6 Å². The molecule has 1 aromatic rings. The molecule has 0 saturated heterocycles. The van der Waals surface area contributed by atoms with Crippen LogP contribution in [0.5, 0.6) is 0 Å². The lowest BCUT2D eigenvalue weighted by Gasteiger charge is -2.18. The molecule has 3 N–H and O–H groups in total. The van der Waals surface area contributed by atoms with Gasteiger partial charge in [0.05, 0.1) is 12.5 Å². The molecule has 1 atom stereocenters. The molecular weight excluding hydrogens is 291 g/mol. The number of alkyl halides is 1. The maximum absolute atomic E-state index is 11.5. The Hall–Kier alpha value is -1.46. The second kappa shape index (κ2) is 7.86. The highest BCUT2D eigenvalue weighted by atomic mass is 35.5. The van der Waals surface area contributed by atoms with Gasteiger partial charge in [-0.15, -0.1) is 11.6 Å². The van der Waals surface area contributed by atoms with E-state index in [1.54, 1.807) is 24.3 Å². The minimum absolute atomic E-state index is 0.228. The van der Waals surface area contributed by atoms with E-state index in [0.717, 1.165) is 0 Å². The van der Waals surface area contributed by atoms with Crippen molar-refractivity contribution in [1.29, 1.82) is 0 Å². The predicted octanol–water partition coefficient (Wildman–Crippen LogP) is 2.39. The van der Waals surface area contributed by atoms with Gasteiger partial charge in [0.1, 0.15) is 0 Å². The predicted molar refractivity (Wildman–Crippen MR) is 73.7 cm³/mol. The van der Waals surface area contributed by atoms with Crippen LogP contribution in [-0.2, 0) is 4.79 Å². The Kier molecular flexibility index (Phi) is 6.45. The number of nitrogens with one attached hydrogen (secondary N) is 2. The van der Waals surface area contributed by atoms with Crippen molar-refractivity contribution in [2.75, 3.05) is 12.4 Å². The molecule has 0 aliphatic heterocycles. The van der Waals surface area contributed by atoms with Crippen molar-refractivity contribution in [2.24, 2.45) is 0 Å². The average Bonchev–Trinajstić information content (AvgIpc) is 2.35. The van der Waals surface area contributed by atoms with Crippen molar-refractivity contribution < 1.29 is 14.7 Å². The summed E-state index contributed by atoms with van der Waals surface area (Å²) in [6.07, 6.45) is -0.228. The maximum atomic E-state index is 11.5. The van der Waals surface area contributed by atoms with Crippen LogP contribution in [0.3, 0.4) is 0 Å². The molecule has 0 fully saturated rings. The molecule has 7 heteroatoms. The molecule has 0 radical (unpaired) electrons. The van der Waals surface area contributed by atoms with Crippen LogP contribution in [0.2, 0.25) is 5.02 Å². The molecule has 104 valence electrons. The van der Waals surface area contributed by atoms with E-state index in [0.29, 0.717) is 17.1 Å². The topological polar surface area (TPSA) is 78.4 Å². The van der Waals surface area contributed by atoms with E-state index >= 15 is 0 Å². The third kappa shape index (κ3) is 5.81. The second-order valence-corrected chi connectivity index (χ2v) is 4.61. The zero-order valence-corrected chi connectivity index (χ0v) is 11.5. The van der Waals surface area contributed by atoms with E-state index in [-0.39, 0.29) is 12.3 Å². The number of carbonyl (C=O) groups is 2. The Balaban J connectivity index is 2.77. The summed E-state index contributed by atoms with van der Waals surface area (Å²) in [7, 11) is 0. The van der Waals surface area contributed by atoms with Gasteiger partial charge in [-0.3, -0.25) is 4.79 Å². The summed E-state index contributed by atoms with van der Waals surface area (Å²) in [6, 6.07) is 5.60. The van der Waals surface area contributed by atoms with Gasteiger partial charge < -0.3 is 15.7 Å². The van der Waals surface area contributed by atoms with Gasteiger partial charge in [-0.2, -0.15) is 0 Å². The molecule has 0 saturated carbocycles. The standard InChI is InChI=1S/C12H14Cl2N2O3/c13-4-5-15-12(19)16-10(7-11(17)18)8-2-1-3-9(14)6-8/h1-3,6,10H,4-5,7H2,(H,17,18)(H2,15,16,19). The number of halogens is 2. The van der Waals surface area contributed by atoms with Crippen LogP contribution in [0, 0.1) is 0 Å². The number of hydrogen-bond acceptors (Lipinski definition) is 2. The third-order valence-corrected chi connectivity index (χ3v) is 2.74. The number of carboxylic acids is 1. The molecule has 1 aromatic carbocycles. The smallest absolute Gasteiger partial charge is 0.315 e. The van der Waals surface area contributed by atoms with E-state index in [1.807, 2.05) is 0 Å². The van der Waals surface area contributed by atoms with Gasteiger partial charge in [0.25, 0.3) is 0 Å². The molecule has 2 amide bonds. The van der Waals surface area contributed by atoms with E-state index < -0.39 is 18.0 Å². The first-order chi connectivity index (χ1) is 9.02. The van der Waals surface area contributed by atoms with Crippen LogP contribution >= 0.6 is 23.2 Å². The molecule has 0 heterocycles. The zero-order chi connectivity index (χ0) is 14.3. The van der Waals surface area contributed by atoms with Gasteiger partial charge in [0.2, 0.25) is 0 Å². The van der Waals surface area contributed by atoms with Gasteiger partial charge in [0.15, 0.2) is 0 Å². The highest BCUT2D eigenvalue weighted by Crippen LogP contribution is 2.20. The molecule has 0 aliphatic rings. The first-order valence-electron chi connectivity index (χ1n) is 5.60. The van der Waals surface area contributed by atoms with Gasteiger partial charge in [-0.25, -0.2) is 4.79 Å². The molecule has 1 unspecified atom stereocenters. The van der Waals surface area contributed by atoms with Crippen molar-refractivity contribution in [2.45, 2.75) is 12.5 Å². The lowest BCUT2D eigenvalue weighted by molar-refractivity contribution is -0.137. The number of hydrogen-bond donors (Lipinski definition) is 3. The molecule has 5 nitrogen and oxygen atoms in total. The Labute approximate surface area is 120 Å². The molecule has 1 rings (SSSR count). The van der Waals surface area contributed by atoms with Crippen molar-refractivity contribution >= 4 is 35.2 Å². The van der Waals surface area contributed by atoms with Crippen LogP contribution in [0.1, 0.15) is 18.0 Å². The number of urea groups is 1. The molecule has 0 aliphatic carbocycles. The number of carboxylic acid groups (broad SMARTS) is 1. The lowest BCUT2D eigenvalue weighted by Crippen LogP contribution is -2.39. The summed E-state index contributed by atoms with van der Waals surface area (Å²) in [5.41, 5.74) is 0.635. The zero-order valence-electron chi connectivity index (χ0n) is 10.0. The van der Waals surface area contributed by atoms with Crippen molar-refractivity contribution in [3.8, 4) is 0 Å². The summed E-state index contributed by atoms with van der Waals surface area (Å²) in [5, 5.41) is 14.5. The SMILES string of the molecule is O=C(O)CC(NC(=O)NCCCl)c1cccc(Cl)c1. The fourth-order valence-electron chi connectivity index (χ4n) is 1.52. The Morgan fingerprint density at radius 3 is 2.68 bits per heavy atom. The van der Waals surface area contributed by atoms with E-state index in [4.69, 9.17) is 28.3 Å². The minimum Gasteiger partial charge on any atom is -0.481 e. The Morgan fingerprint density at radius 2 is 2.11 bits per heavy atom. The monoisotopic (exact) mass is 304 g/mol. The highest BCUT2D eigenvalue weighted by molar-refractivity contribution is 6.30. The summed E-state index contributed by atoms with van der Waals surface area (Å²) >= 11 is 11.3. The lowest BCUT2D eigenvalue weighted by atomic mass is 10.0. The third-order valence-electron chi connectivity index (χ3n) is 2.32. The quantitative estimate of drug-likeness (QED) is 0.706. The molecule has 19 heavy (non-hydrogen) atoms. The van der Waals surface area contributed by atoms with Gasteiger partial charge in [-0.05, 0) is 17.7 Å². The van der Waals surface area contributed by atoms with Crippen molar-refractivity contribution in [3.05, 3.63) is 34.9 Å². The fraction of sp³-hybridized carbons (Fsp3) is 0.333. The van der Waals surface area contributed by atoms with Gasteiger partial charge in [-0.1, -0.05) is 23.7 Å². The number of rotatable bonds is 6. The number of aliphatic carboxylic acids is 1. The van der Waals surface area contributed by atoms with Gasteiger partial charge >= 0.3 is 12.0 Å². The fourth-order valence-corrected chi connectivity index (χ4v) is 1.81. The molecule has 0 spiro atoms. The number of benzene rings is 1. The first-order valence-corrected chi connectivity index (χ1v) is 6.51. The van der Waals surface area contributed by atoms with Crippen LogP contribution in [0.25, 0.3) is 0 Å². The van der Waals surface area contributed by atoms with Crippen LogP contribution in [0.4, 0.5) is 4.79 Å². The first kappa shape index (κ1) is 15.6. The Morgan fingerprint density at radius 1 is 1.37 bits per heavy atom. The molecule has 0 bridgehead atoms. The van der Waals surface area contributed by atoms with Gasteiger partial charge in [0, 0.05) is 17.4 Å². The summed E-state index contributed by atoms with van der Waals surface area (Å²) < 4.78 is 0. The molecular formula is C12H14Cl2N2O3. The highest BCUT2D eigenvalue weighted by Gasteiger charge is 2.18. The number of amides is 2. The van der Waals surface area contributed by atoms with Crippen LogP contribution in [-0.4, -0.2) is 29.5 Å². The Bertz CT molecular complexity index is 454. The summed E-state index contributed by atoms with van der Waals surface area (Å²) in [4.78, 5) is 22.4. The largest absolute Gasteiger partial charge is 0.481 e. The van der Waals surface area contributed by atoms with Crippen LogP contribution in [0.15, 0.2) is 24.3 Å². The van der Waals surface area contributed by atoms with Crippen molar-refractivity contribution in [1.82, 2.24) is 10.6 Å². The average molecular weight is 305 g/mol. The van der Waals surface area contributed by atoms with E-state index in [1.165, 1.54) is 0 Å². The van der Waals surface area contributed by atoms with E-state index in [9.17, 15) is 9.59 Å². The maximum Gasteiger partial charge on any atom is 0.315 e. The normalized spacial score (nSPS) is 11.7. The van der Waals surface area contributed by atoms with E-state index in [2.05, 4.69) is 10.6 Å². The number of carbonyl (C=O) groups excluding carboxylic acids is 1. The second-order valence-electron chi connectivity index (χ2n) is 3.79. The summed E-state index contributed by atoms with van der Waals surface area (Å²) in [5.74, 6) is -0.726. The van der Waals surface area contributed by atoms with Crippen molar-refractivity contribution in [3.63, 3.8) is 0 Å². The minimum atomic E-state index is -1.01.